The summed E-state index contributed by atoms with van der Waals surface area (Å²) < 4.78 is 21.3. The molecule has 1 aliphatic rings. The Balaban J connectivity index is 1.92. The van der Waals surface area contributed by atoms with Gasteiger partial charge in [-0.05, 0) is 48.9 Å². The lowest BCUT2D eigenvalue weighted by molar-refractivity contribution is 0.103. The van der Waals surface area contributed by atoms with E-state index in [4.69, 9.17) is 18.9 Å². The first kappa shape index (κ1) is 17.4. The van der Waals surface area contributed by atoms with Gasteiger partial charge in [-0.1, -0.05) is 6.07 Å². The van der Waals surface area contributed by atoms with Crippen LogP contribution in [0.4, 0.5) is 0 Å². The normalized spacial score (nSPS) is 12.4. The molecule has 0 fully saturated rings. The minimum absolute atomic E-state index is 0.0106. The quantitative estimate of drug-likeness (QED) is 0.449. The molecular weight excluding hydrogens is 334 g/mol. The number of hydrogen-bond donors (Lipinski definition) is 0. The standard InChI is InChI=1S/C20H17NO5/c1-3-24-18-9-13(4-6-16(18)23-2)8-15(11-21)20(22)14-5-7-17-19(10-14)26-12-25-17/h4-10H,3,12H2,1-2H3. The number of Topliss-reactive ketones (excluding diaryl/α,β-unsaturated/α-hetero) is 1. The maximum Gasteiger partial charge on any atom is 0.231 e. The number of rotatable bonds is 6. The van der Waals surface area contributed by atoms with Crippen molar-refractivity contribution >= 4 is 11.9 Å². The molecule has 0 bridgehead atoms. The van der Waals surface area contributed by atoms with Crippen molar-refractivity contribution in [1.29, 1.82) is 5.26 Å². The van der Waals surface area contributed by atoms with Gasteiger partial charge in [-0.15, -0.1) is 0 Å². The summed E-state index contributed by atoms with van der Waals surface area (Å²) in [6.45, 7) is 2.47. The van der Waals surface area contributed by atoms with E-state index in [1.807, 2.05) is 13.0 Å². The first-order valence-corrected chi connectivity index (χ1v) is 8.03. The number of benzene rings is 2. The van der Waals surface area contributed by atoms with Crippen LogP contribution in [0.25, 0.3) is 6.08 Å². The molecule has 26 heavy (non-hydrogen) atoms. The van der Waals surface area contributed by atoms with Crippen LogP contribution in [0, 0.1) is 11.3 Å². The molecule has 0 atom stereocenters. The van der Waals surface area contributed by atoms with Crippen molar-refractivity contribution < 1.29 is 23.7 Å². The van der Waals surface area contributed by atoms with Crippen molar-refractivity contribution in [3.8, 4) is 29.1 Å². The number of carbonyl (C=O) groups is 1. The number of nitrogens with zero attached hydrogens (tertiary/aromatic N) is 1. The molecule has 0 amide bonds. The molecule has 0 saturated heterocycles. The number of fused-ring (bicyclic) bond motifs is 1. The van der Waals surface area contributed by atoms with Crippen LogP contribution in [-0.2, 0) is 0 Å². The van der Waals surface area contributed by atoms with Gasteiger partial charge in [0.15, 0.2) is 23.0 Å². The summed E-state index contributed by atoms with van der Waals surface area (Å²) in [5.74, 6) is 1.83. The Kier molecular flexibility index (Phi) is 5.09. The largest absolute Gasteiger partial charge is 0.493 e. The molecule has 6 heteroatoms. The van der Waals surface area contributed by atoms with Crippen LogP contribution in [0.2, 0.25) is 0 Å². The molecule has 1 heterocycles. The Labute approximate surface area is 151 Å². The predicted octanol–water partition coefficient (Wildman–Crippen LogP) is 3.61. The number of carbonyl (C=O) groups excluding carboxylic acids is 1. The Morgan fingerprint density at radius 3 is 2.73 bits per heavy atom. The predicted molar refractivity (Wildman–Crippen MR) is 94.6 cm³/mol. The second-order valence-corrected chi connectivity index (χ2v) is 5.41. The minimum Gasteiger partial charge on any atom is -0.493 e. The van der Waals surface area contributed by atoms with Crippen molar-refractivity contribution in [3.05, 3.63) is 53.1 Å². The van der Waals surface area contributed by atoms with E-state index in [0.29, 0.717) is 40.7 Å². The Morgan fingerprint density at radius 2 is 2.00 bits per heavy atom. The van der Waals surface area contributed by atoms with Gasteiger partial charge in [-0.25, -0.2) is 0 Å². The third kappa shape index (κ3) is 3.47. The number of nitriles is 1. The Morgan fingerprint density at radius 1 is 1.19 bits per heavy atom. The van der Waals surface area contributed by atoms with Gasteiger partial charge in [0.2, 0.25) is 12.6 Å². The highest BCUT2D eigenvalue weighted by molar-refractivity contribution is 6.14. The second-order valence-electron chi connectivity index (χ2n) is 5.41. The van der Waals surface area contributed by atoms with E-state index in [0.717, 1.165) is 0 Å². The molecule has 1 aliphatic heterocycles. The molecule has 0 radical (unpaired) electrons. The summed E-state index contributed by atoms with van der Waals surface area (Å²) in [5.41, 5.74) is 1.04. The number of ether oxygens (including phenoxy) is 4. The van der Waals surface area contributed by atoms with E-state index < -0.39 is 0 Å². The second kappa shape index (κ2) is 7.62. The molecule has 2 aromatic rings. The van der Waals surface area contributed by atoms with E-state index in [1.165, 1.54) is 6.08 Å². The lowest BCUT2D eigenvalue weighted by Gasteiger charge is -2.10. The van der Waals surface area contributed by atoms with Gasteiger partial charge in [0.25, 0.3) is 0 Å². The zero-order chi connectivity index (χ0) is 18.5. The van der Waals surface area contributed by atoms with Gasteiger partial charge < -0.3 is 18.9 Å². The first-order valence-electron chi connectivity index (χ1n) is 8.03. The van der Waals surface area contributed by atoms with Crippen molar-refractivity contribution in [3.63, 3.8) is 0 Å². The van der Waals surface area contributed by atoms with Gasteiger partial charge in [-0.2, -0.15) is 5.26 Å². The Hall–Kier alpha value is -3.46. The fraction of sp³-hybridized carbons (Fsp3) is 0.200. The van der Waals surface area contributed by atoms with Gasteiger partial charge in [0.05, 0.1) is 13.7 Å². The van der Waals surface area contributed by atoms with Crippen molar-refractivity contribution in [2.75, 3.05) is 20.5 Å². The average molecular weight is 351 g/mol. The van der Waals surface area contributed by atoms with Crippen LogP contribution >= 0.6 is 0 Å². The molecule has 0 aromatic heterocycles. The van der Waals surface area contributed by atoms with Crippen molar-refractivity contribution in [2.24, 2.45) is 0 Å². The molecule has 3 rings (SSSR count). The van der Waals surface area contributed by atoms with Gasteiger partial charge in [-0.3, -0.25) is 4.79 Å². The van der Waals surface area contributed by atoms with Crippen LogP contribution < -0.4 is 18.9 Å². The maximum atomic E-state index is 12.7. The fourth-order valence-electron chi connectivity index (χ4n) is 2.56. The molecule has 132 valence electrons. The molecule has 6 nitrogen and oxygen atoms in total. The average Bonchev–Trinajstić information content (AvgIpc) is 3.14. The summed E-state index contributed by atoms with van der Waals surface area (Å²) in [5, 5.41) is 9.43. The fourth-order valence-corrected chi connectivity index (χ4v) is 2.56. The lowest BCUT2D eigenvalue weighted by atomic mass is 10.0. The third-order valence-corrected chi connectivity index (χ3v) is 3.80. The van der Waals surface area contributed by atoms with E-state index >= 15 is 0 Å². The molecular formula is C20H17NO5. The molecule has 0 saturated carbocycles. The lowest BCUT2D eigenvalue weighted by Crippen LogP contribution is -2.02. The number of ketones is 1. The molecule has 0 unspecified atom stereocenters. The van der Waals surface area contributed by atoms with Crippen LogP contribution in [0.1, 0.15) is 22.8 Å². The van der Waals surface area contributed by atoms with E-state index in [2.05, 4.69) is 0 Å². The molecule has 0 spiro atoms. The molecule has 0 aliphatic carbocycles. The summed E-state index contributed by atoms with van der Waals surface area (Å²) in [6, 6.07) is 12.0. The van der Waals surface area contributed by atoms with Gasteiger partial charge in [0.1, 0.15) is 11.6 Å². The molecule has 2 aromatic carbocycles. The van der Waals surface area contributed by atoms with Crippen molar-refractivity contribution in [1.82, 2.24) is 0 Å². The maximum absolute atomic E-state index is 12.7. The SMILES string of the molecule is CCOc1cc(C=C(C#N)C(=O)c2ccc3c(c2)OCO3)ccc1OC. The van der Waals surface area contributed by atoms with Crippen LogP contribution in [0.3, 0.4) is 0 Å². The number of hydrogen-bond acceptors (Lipinski definition) is 6. The zero-order valence-corrected chi connectivity index (χ0v) is 14.4. The van der Waals surface area contributed by atoms with Crippen LogP contribution in [-0.4, -0.2) is 26.3 Å². The minimum atomic E-state index is -0.389. The summed E-state index contributed by atoms with van der Waals surface area (Å²) in [4.78, 5) is 12.7. The van der Waals surface area contributed by atoms with E-state index in [-0.39, 0.29) is 18.1 Å². The summed E-state index contributed by atoms with van der Waals surface area (Å²) in [6.07, 6.45) is 1.52. The van der Waals surface area contributed by atoms with Gasteiger partial charge in [0, 0.05) is 5.56 Å². The first-order chi connectivity index (χ1) is 12.7. The van der Waals surface area contributed by atoms with E-state index in [9.17, 15) is 10.1 Å². The summed E-state index contributed by atoms with van der Waals surface area (Å²) in [7, 11) is 1.55. The topological polar surface area (TPSA) is 77.8 Å². The highest BCUT2D eigenvalue weighted by Gasteiger charge is 2.18. The van der Waals surface area contributed by atoms with Crippen LogP contribution in [0.15, 0.2) is 42.0 Å². The third-order valence-electron chi connectivity index (χ3n) is 3.80. The number of methoxy groups -OCH3 is 1. The zero-order valence-electron chi connectivity index (χ0n) is 14.4. The monoisotopic (exact) mass is 351 g/mol. The highest BCUT2D eigenvalue weighted by atomic mass is 16.7. The summed E-state index contributed by atoms with van der Waals surface area (Å²) >= 11 is 0. The highest BCUT2D eigenvalue weighted by Crippen LogP contribution is 2.33. The van der Waals surface area contributed by atoms with Crippen molar-refractivity contribution in [2.45, 2.75) is 6.92 Å². The van der Waals surface area contributed by atoms with E-state index in [1.54, 1.807) is 43.5 Å². The van der Waals surface area contributed by atoms with Crippen LogP contribution in [0.5, 0.6) is 23.0 Å². The molecule has 0 N–H and O–H groups in total. The Bertz CT molecular complexity index is 911. The van der Waals surface area contributed by atoms with Gasteiger partial charge >= 0.3 is 0 Å². The smallest absolute Gasteiger partial charge is 0.231 e. The number of allylic oxidation sites excluding steroid dienone is 1.